The first kappa shape index (κ1) is 22.8. The van der Waals surface area contributed by atoms with Crippen LogP contribution in [0.4, 0.5) is 5.69 Å². The lowest BCUT2D eigenvalue weighted by molar-refractivity contribution is -0.385. The summed E-state index contributed by atoms with van der Waals surface area (Å²) >= 11 is 1.76. The first-order valence-electron chi connectivity index (χ1n) is 8.98. The third kappa shape index (κ3) is 7.11. The predicted molar refractivity (Wildman–Crippen MR) is 115 cm³/mol. The summed E-state index contributed by atoms with van der Waals surface area (Å²) in [6.45, 7) is 4.53. The highest BCUT2D eigenvalue weighted by Gasteiger charge is 2.17. The molecule has 2 aromatic rings. The minimum Gasteiger partial charge on any atom is -0.355 e. The van der Waals surface area contributed by atoms with Crippen LogP contribution in [0.25, 0.3) is 0 Å². The summed E-state index contributed by atoms with van der Waals surface area (Å²) in [5.41, 5.74) is -0.273. The predicted octanol–water partition coefficient (Wildman–Crippen LogP) is 2.04. The van der Waals surface area contributed by atoms with Crippen molar-refractivity contribution in [2.24, 2.45) is 4.99 Å². The Labute approximate surface area is 174 Å². The number of rotatable bonds is 9. The molecule has 0 saturated carbocycles. The van der Waals surface area contributed by atoms with Crippen LogP contribution in [0.15, 0.2) is 46.3 Å². The number of guanidine groups is 1. The van der Waals surface area contributed by atoms with Crippen LogP contribution in [-0.2, 0) is 16.4 Å². The summed E-state index contributed by atoms with van der Waals surface area (Å²) in [6, 6.07) is 9.29. The molecule has 0 amide bonds. The van der Waals surface area contributed by atoms with Crippen molar-refractivity contribution in [3.05, 3.63) is 56.3 Å². The second kappa shape index (κ2) is 10.3. The van der Waals surface area contributed by atoms with Gasteiger partial charge in [-0.3, -0.25) is 15.1 Å². The number of hydrogen-bond donors (Lipinski definition) is 3. The molecule has 1 heterocycles. The number of nitrogens with one attached hydrogen (secondary N) is 3. The summed E-state index contributed by atoms with van der Waals surface area (Å²) in [5.74, 6) is 0.570. The molecule has 0 aliphatic rings. The molecule has 3 N–H and O–H groups in total. The van der Waals surface area contributed by atoms with Gasteiger partial charge in [-0.2, -0.15) is 0 Å². The molecule has 0 aliphatic heterocycles. The molecule has 1 aromatic heterocycles. The molecule has 0 saturated heterocycles. The number of aryl methyl sites for hydroxylation is 1. The summed E-state index contributed by atoms with van der Waals surface area (Å²) < 4.78 is 27.0. The van der Waals surface area contributed by atoms with Crippen LogP contribution < -0.4 is 15.4 Å². The van der Waals surface area contributed by atoms with E-state index >= 15 is 0 Å². The number of thiophene rings is 1. The Balaban J connectivity index is 1.81. The van der Waals surface area contributed by atoms with Gasteiger partial charge in [0, 0.05) is 54.5 Å². The number of aliphatic imine (C=N–C) groups is 1. The standard InChI is InChI=1S/C18H25N5O4S2/c1-13(11-16-8-7-14(2)28-16)22-18(19-3)20-9-10-21-29(26,27)17-6-4-5-15(12-17)23(24)25/h4-8,12-13,21H,9-11H2,1-3H3,(H2,19,20,22). The number of hydrogen-bond acceptors (Lipinski definition) is 6. The van der Waals surface area contributed by atoms with Crippen LogP contribution in [0.5, 0.6) is 0 Å². The molecule has 11 heteroatoms. The number of nitrogens with zero attached hydrogens (tertiary/aromatic N) is 2. The van der Waals surface area contributed by atoms with Crippen LogP contribution in [0.2, 0.25) is 0 Å². The van der Waals surface area contributed by atoms with Crippen molar-refractivity contribution in [3.63, 3.8) is 0 Å². The molecule has 9 nitrogen and oxygen atoms in total. The van der Waals surface area contributed by atoms with Crippen LogP contribution in [-0.4, -0.2) is 45.5 Å². The van der Waals surface area contributed by atoms with E-state index in [1.807, 2.05) is 6.92 Å². The molecule has 0 spiro atoms. The van der Waals surface area contributed by atoms with E-state index in [4.69, 9.17) is 0 Å². The molecule has 0 radical (unpaired) electrons. The van der Waals surface area contributed by atoms with Crippen molar-refractivity contribution in [1.29, 1.82) is 0 Å². The van der Waals surface area contributed by atoms with Gasteiger partial charge in [-0.15, -0.1) is 11.3 Å². The Morgan fingerprint density at radius 3 is 2.66 bits per heavy atom. The molecule has 29 heavy (non-hydrogen) atoms. The zero-order valence-electron chi connectivity index (χ0n) is 16.5. The fourth-order valence-corrected chi connectivity index (χ4v) is 4.68. The monoisotopic (exact) mass is 439 g/mol. The van der Waals surface area contributed by atoms with Gasteiger partial charge in [0.25, 0.3) is 5.69 Å². The number of nitro benzene ring substituents is 1. The molecule has 1 atom stereocenters. The van der Waals surface area contributed by atoms with E-state index in [1.54, 1.807) is 18.4 Å². The van der Waals surface area contributed by atoms with E-state index in [1.165, 1.54) is 28.0 Å². The third-order valence-electron chi connectivity index (χ3n) is 3.96. The fourth-order valence-electron chi connectivity index (χ4n) is 2.59. The maximum Gasteiger partial charge on any atom is 0.270 e. The van der Waals surface area contributed by atoms with Crippen LogP contribution in [0.3, 0.4) is 0 Å². The van der Waals surface area contributed by atoms with E-state index in [2.05, 4.69) is 39.4 Å². The van der Waals surface area contributed by atoms with E-state index in [0.29, 0.717) is 12.5 Å². The second-order valence-electron chi connectivity index (χ2n) is 6.41. The van der Waals surface area contributed by atoms with E-state index in [-0.39, 0.29) is 23.2 Å². The highest BCUT2D eigenvalue weighted by molar-refractivity contribution is 7.89. The quantitative estimate of drug-likeness (QED) is 0.180. The van der Waals surface area contributed by atoms with Crippen molar-refractivity contribution in [2.45, 2.75) is 31.2 Å². The van der Waals surface area contributed by atoms with Crippen molar-refractivity contribution < 1.29 is 13.3 Å². The minimum absolute atomic E-state index is 0.101. The number of nitro groups is 1. The van der Waals surface area contributed by atoms with Crippen LogP contribution in [0, 0.1) is 17.0 Å². The molecule has 0 aliphatic carbocycles. The number of non-ortho nitro benzene ring substituents is 1. The fraction of sp³-hybridized carbons (Fsp3) is 0.389. The van der Waals surface area contributed by atoms with Gasteiger partial charge >= 0.3 is 0 Å². The molecule has 1 unspecified atom stereocenters. The summed E-state index contributed by atoms with van der Waals surface area (Å²) in [4.78, 5) is 16.7. The largest absolute Gasteiger partial charge is 0.355 e. The average Bonchev–Trinajstić information content (AvgIpc) is 3.08. The third-order valence-corrected chi connectivity index (χ3v) is 6.44. The van der Waals surface area contributed by atoms with E-state index < -0.39 is 14.9 Å². The van der Waals surface area contributed by atoms with Gasteiger partial charge in [-0.1, -0.05) is 6.07 Å². The van der Waals surface area contributed by atoms with Crippen molar-refractivity contribution in [2.75, 3.05) is 20.1 Å². The van der Waals surface area contributed by atoms with Gasteiger partial charge in [-0.25, -0.2) is 13.1 Å². The van der Waals surface area contributed by atoms with Gasteiger partial charge in [0.2, 0.25) is 10.0 Å². The first-order chi connectivity index (χ1) is 13.7. The lowest BCUT2D eigenvalue weighted by atomic mass is 10.2. The molecule has 2 rings (SSSR count). The summed E-state index contributed by atoms with van der Waals surface area (Å²) in [7, 11) is -2.19. The smallest absolute Gasteiger partial charge is 0.270 e. The van der Waals surface area contributed by atoms with E-state index in [9.17, 15) is 18.5 Å². The molecule has 0 bridgehead atoms. The topological polar surface area (TPSA) is 126 Å². The number of sulfonamides is 1. The highest BCUT2D eigenvalue weighted by Crippen LogP contribution is 2.17. The second-order valence-corrected chi connectivity index (χ2v) is 9.55. The summed E-state index contributed by atoms with van der Waals surface area (Å²) in [5, 5.41) is 17.1. The van der Waals surface area contributed by atoms with Crippen molar-refractivity contribution in [1.82, 2.24) is 15.4 Å². The zero-order valence-corrected chi connectivity index (χ0v) is 18.1. The van der Waals surface area contributed by atoms with Gasteiger partial charge in [0.1, 0.15) is 0 Å². The Morgan fingerprint density at radius 1 is 1.28 bits per heavy atom. The molecular formula is C18H25N5O4S2. The maximum atomic E-state index is 12.3. The van der Waals surface area contributed by atoms with Crippen molar-refractivity contribution >= 4 is 33.0 Å². The summed E-state index contributed by atoms with van der Waals surface area (Å²) in [6.07, 6.45) is 0.860. The van der Waals surface area contributed by atoms with Crippen LogP contribution >= 0.6 is 11.3 Å². The molecule has 0 fully saturated rings. The van der Waals surface area contributed by atoms with Crippen molar-refractivity contribution in [3.8, 4) is 0 Å². The zero-order chi connectivity index (χ0) is 21.4. The normalized spacial score (nSPS) is 13.1. The Kier molecular flexibility index (Phi) is 8.11. The van der Waals surface area contributed by atoms with E-state index in [0.717, 1.165) is 12.5 Å². The highest BCUT2D eigenvalue weighted by atomic mass is 32.2. The molecule has 1 aromatic carbocycles. The lowest BCUT2D eigenvalue weighted by Crippen LogP contribution is -2.45. The average molecular weight is 440 g/mol. The number of benzene rings is 1. The van der Waals surface area contributed by atoms with Gasteiger partial charge in [-0.05, 0) is 32.0 Å². The van der Waals surface area contributed by atoms with Gasteiger partial charge in [0.15, 0.2) is 5.96 Å². The SMILES string of the molecule is CN=C(NCCNS(=O)(=O)c1cccc([N+](=O)[O-])c1)NC(C)Cc1ccc(C)s1. The lowest BCUT2D eigenvalue weighted by Gasteiger charge is -2.17. The van der Waals surface area contributed by atoms with Gasteiger partial charge < -0.3 is 10.6 Å². The maximum absolute atomic E-state index is 12.3. The Bertz CT molecular complexity index is 972. The van der Waals surface area contributed by atoms with Crippen LogP contribution in [0.1, 0.15) is 16.7 Å². The van der Waals surface area contributed by atoms with Gasteiger partial charge in [0.05, 0.1) is 9.82 Å². The Morgan fingerprint density at radius 2 is 2.03 bits per heavy atom. The first-order valence-corrected chi connectivity index (χ1v) is 11.3. The molecular weight excluding hydrogens is 414 g/mol. The minimum atomic E-state index is -3.84. The Hall–Kier alpha value is -2.50. The molecule has 158 valence electrons.